The zero-order chi connectivity index (χ0) is 15.6. The molecule has 0 aliphatic carbocycles. The Morgan fingerprint density at radius 2 is 2.05 bits per heavy atom. The van der Waals surface area contributed by atoms with Gasteiger partial charge >= 0.3 is 0 Å². The maximum Gasteiger partial charge on any atom is 0.129 e. The van der Waals surface area contributed by atoms with E-state index < -0.39 is 0 Å². The van der Waals surface area contributed by atoms with Gasteiger partial charge in [-0.25, -0.2) is 4.39 Å². The number of nitrogens with zero attached hydrogens (tertiary/aromatic N) is 1. The minimum atomic E-state index is -0.0974. The van der Waals surface area contributed by atoms with Crippen molar-refractivity contribution in [2.75, 3.05) is 18.0 Å². The third-order valence-electron chi connectivity index (χ3n) is 4.53. The molecule has 118 valence electrons. The first-order chi connectivity index (χ1) is 9.79. The van der Waals surface area contributed by atoms with Gasteiger partial charge in [0.2, 0.25) is 0 Å². The summed E-state index contributed by atoms with van der Waals surface area (Å²) in [5.74, 6) is 0.575. The van der Waals surface area contributed by atoms with E-state index in [2.05, 4.69) is 50.9 Å². The van der Waals surface area contributed by atoms with Crippen molar-refractivity contribution in [3.8, 4) is 0 Å². The maximum absolute atomic E-state index is 14.2. The Labute approximate surface area is 128 Å². The van der Waals surface area contributed by atoms with E-state index in [0.29, 0.717) is 23.9 Å². The summed E-state index contributed by atoms with van der Waals surface area (Å²) in [5, 5.41) is 3.34. The fourth-order valence-electron chi connectivity index (χ4n) is 3.01. The van der Waals surface area contributed by atoms with Gasteiger partial charge in [0.15, 0.2) is 0 Å². The number of rotatable bonds is 4. The summed E-state index contributed by atoms with van der Waals surface area (Å²) in [7, 11) is 0. The van der Waals surface area contributed by atoms with E-state index in [4.69, 9.17) is 0 Å². The second-order valence-corrected chi connectivity index (χ2v) is 7.57. The molecule has 2 rings (SSSR count). The molecule has 1 aliphatic heterocycles. The predicted molar refractivity (Wildman–Crippen MR) is 88.2 cm³/mol. The lowest BCUT2D eigenvalue weighted by Crippen LogP contribution is -2.28. The van der Waals surface area contributed by atoms with E-state index in [1.807, 2.05) is 6.07 Å². The monoisotopic (exact) mass is 292 g/mol. The minimum absolute atomic E-state index is 0.0974. The zero-order valence-electron chi connectivity index (χ0n) is 14.0. The molecule has 1 aliphatic rings. The van der Waals surface area contributed by atoms with Crippen LogP contribution in [-0.4, -0.2) is 19.1 Å². The Morgan fingerprint density at radius 3 is 2.62 bits per heavy atom. The fraction of sp³-hybridized carbons (Fsp3) is 0.667. The SMILES string of the molecule is CC(C)NCc1c(F)cccc1N1CCC(C(C)(C)C)C1. The van der Waals surface area contributed by atoms with Gasteiger partial charge in [-0.2, -0.15) is 0 Å². The van der Waals surface area contributed by atoms with Crippen molar-refractivity contribution >= 4 is 5.69 Å². The van der Waals surface area contributed by atoms with Gasteiger partial charge in [0.05, 0.1) is 0 Å². The predicted octanol–water partition coefficient (Wildman–Crippen LogP) is 4.20. The molecule has 0 aromatic heterocycles. The van der Waals surface area contributed by atoms with E-state index in [-0.39, 0.29) is 5.82 Å². The number of hydrogen-bond acceptors (Lipinski definition) is 2. The van der Waals surface area contributed by atoms with Crippen LogP contribution in [0.1, 0.15) is 46.6 Å². The summed E-state index contributed by atoms with van der Waals surface area (Å²) in [6.45, 7) is 13.7. The molecule has 0 radical (unpaired) electrons. The molecular formula is C18H29FN2. The summed E-state index contributed by atoms with van der Waals surface area (Å²) in [6, 6.07) is 5.82. The summed E-state index contributed by atoms with van der Waals surface area (Å²) >= 11 is 0. The molecule has 0 amide bonds. The number of anilines is 1. The van der Waals surface area contributed by atoms with Crippen LogP contribution in [0.3, 0.4) is 0 Å². The summed E-state index contributed by atoms with van der Waals surface area (Å²) in [4.78, 5) is 2.36. The van der Waals surface area contributed by atoms with Gasteiger partial charge in [0.1, 0.15) is 5.82 Å². The van der Waals surface area contributed by atoms with Crippen LogP contribution in [-0.2, 0) is 6.54 Å². The summed E-state index contributed by atoms with van der Waals surface area (Å²) in [6.07, 6.45) is 1.19. The number of hydrogen-bond donors (Lipinski definition) is 1. The van der Waals surface area contributed by atoms with Crippen molar-refractivity contribution < 1.29 is 4.39 Å². The molecule has 21 heavy (non-hydrogen) atoms. The van der Waals surface area contributed by atoms with E-state index >= 15 is 0 Å². The molecule has 1 atom stereocenters. The third kappa shape index (κ3) is 3.97. The molecule has 1 unspecified atom stereocenters. The number of nitrogens with one attached hydrogen (secondary N) is 1. The smallest absolute Gasteiger partial charge is 0.129 e. The van der Waals surface area contributed by atoms with Gasteiger partial charge in [0, 0.05) is 36.9 Å². The Bertz CT molecular complexity index is 477. The lowest BCUT2D eigenvalue weighted by Gasteiger charge is -2.28. The number of halogens is 1. The molecule has 0 saturated carbocycles. The average Bonchev–Trinajstić information content (AvgIpc) is 2.86. The van der Waals surface area contributed by atoms with Crippen LogP contribution in [0, 0.1) is 17.2 Å². The highest BCUT2D eigenvalue weighted by molar-refractivity contribution is 5.55. The molecule has 2 nitrogen and oxygen atoms in total. The van der Waals surface area contributed by atoms with Gasteiger partial charge < -0.3 is 10.2 Å². The van der Waals surface area contributed by atoms with Gasteiger partial charge in [0.25, 0.3) is 0 Å². The van der Waals surface area contributed by atoms with Crippen LogP contribution in [0.15, 0.2) is 18.2 Å². The molecule has 1 aromatic rings. The van der Waals surface area contributed by atoms with Crippen LogP contribution in [0.2, 0.25) is 0 Å². The van der Waals surface area contributed by atoms with E-state index in [1.54, 1.807) is 6.07 Å². The minimum Gasteiger partial charge on any atom is -0.371 e. The molecule has 1 heterocycles. The highest BCUT2D eigenvalue weighted by Gasteiger charge is 2.32. The second kappa shape index (κ2) is 6.35. The van der Waals surface area contributed by atoms with E-state index in [1.165, 1.54) is 6.42 Å². The highest BCUT2D eigenvalue weighted by atomic mass is 19.1. The van der Waals surface area contributed by atoms with Crippen LogP contribution < -0.4 is 10.2 Å². The van der Waals surface area contributed by atoms with Gasteiger partial charge in [-0.15, -0.1) is 0 Å². The molecule has 1 N–H and O–H groups in total. The van der Waals surface area contributed by atoms with Crippen molar-refractivity contribution in [2.24, 2.45) is 11.3 Å². The van der Waals surface area contributed by atoms with Crippen LogP contribution in [0.5, 0.6) is 0 Å². The Kier molecular flexibility index (Phi) is 4.92. The lowest BCUT2D eigenvalue weighted by molar-refractivity contribution is 0.263. The van der Waals surface area contributed by atoms with Crippen LogP contribution >= 0.6 is 0 Å². The quantitative estimate of drug-likeness (QED) is 0.895. The zero-order valence-corrected chi connectivity index (χ0v) is 14.0. The Morgan fingerprint density at radius 1 is 1.33 bits per heavy atom. The van der Waals surface area contributed by atoms with Crippen molar-refractivity contribution in [2.45, 2.75) is 53.6 Å². The van der Waals surface area contributed by atoms with Gasteiger partial charge in [-0.05, 0) is 29.9 Å². The molecule has 1 aromatic carbocycles. The third-order valence-corrected chi connectivity index (χ3v) is 4.53. The maximum atomic E-state index is 14.2. The molecule has 0 spiro atoms. The fourth-order valence-corrected chi connectivity index (χ4v) is 3.01. The van der Waals surface area contributed by atoms with E-state index in [0.717, 1.165) is 24.3 Å². The molecule has 1 fully saturated rings. The topological polar surface area (TPSA) is 15.3 Å². The molecule has 3 heteroatoms. The first kappa shape index (κ1) is 16.3. The van der Waals surface area contributed by atoms with Crippen molar-refractivity contribution in [1.82, 2.24) is 5.32 Å². The highest BCUT2D eigenvalue weighted by Crippen LogP contribution is 2.37. The first-order valence-electron chi connectivity index (χ1n) is 8.04. The molecule has 0 bridgehead atoms. The number of benzene rings is 1. The van der Waals surface area contributed by atoms with Crippen LogP contribution in [0.25, 0.3) is 0 Å². The normalized spacial score (nSPS) is 19.6. The van der Waals surface area contributed by atoms with E-state index in [9.17, 15) is 4.39 Å². The lowest BCUT2D eigenvalue weighted by atomic mass is 9.80. The molecule has 1 saturated heterocycles. The standard InChI is InChI=1S/C18H29FN2/c1-13(2)20-11-15-16(19)7-6-8-17(15)21-10-9-14(12-21)18(3,4)5/h6-8,13-14,20H,9-12H2,1-5H3. The largest absolute Gasteiger partial charge is 0.371 e. The van der Waals surface area contributed by atoms with Crippen LogP contribution in [0.4, 0.5) is 10.1 Å². The first-order valence-corrected chi connectivity index (χ1v) is 8.04. The second-order valence-electron chi connectivity index (χ2n) is 7.57. The van der Waals surface area contributed by atoms with Crippen molar-refractivity contribution in [3.05, 3.63) is 29.6 Å². The Balaban J connectivity index is 2.18. The van der Waals surface area contributed by atoms with Gasteiger partial charge in [-0.3, -0.25) is 0 Å². The van der Waals surface area contributed by atoms with Crippen molar-refractivity contribution in [3.63, 3.8) is 0 Å². The summed E-state index contributed by atoms with van der Waals surface area (Å²) < 4.78 is 14.2. The van der Waals surface area contributed by atoms with Crippen molar-refractivity contribution in [1.29, 1.82) is 0 Å². The summed E-state index contributed by atoms with van der Waals surface area (Å²) in [5.41, 5.74) is 2.19. The average molecular weight is 292 g/mol. The molecular weight excluding hydrogens is 263 g/mol. The Hall–Kier alpha value is -1.09. The van der Waals surface area contributed by atoms with Gasteiger partial charge in [-0.1, -0.05) is 40.7 Å².